The molecule has 0 spiro atoms. The van der Waals surface area contributed by atoms with Gasteiger partial charge in [-0.2, -0.15) is 0 Å². The lowest BCUT2D eigenvalue weighted by Gasteiger charge is -2.32. The highest BCUT2D eigenvalue weighted by Gasteiger charge is 2.26. The van der Waals surface area contributed by atoms with Crippen molar-refractivity contribution in [1.82, 2.24) is 0 Å². The summed E-state index contributed by atoms with van der Waals surface area (Å²) in [6.07, 6.45) is 0. The minimum absolute atomic E-state index is 0.308. The van der Waals surface area contributed by atoms with Gasteiger partial charge >= 0.3 is 0 Å². The molecule has 0 aliphatic rings. The van der Waals surface area contributed by atoms with Crippen LogP contribution in [0.3, 0.4) is 0 Å². The normalized spacial score (nSPS) is 11.5. The predicted octanol–water partition coefficient (Wildman–Crippen LogP) is 21.5. The van der Waals surface area contributed by atoms with E-state index in [1.54, 1.807) is 24.3 Å². The Morgan fingerprint density at radius 2 is 0.513 bits per heavy atom. The van der Waals surface area contributed by atoms with E-state index in [0.717, 1.165) is 122 Å². The van der Waals surface area contributed by atoms with Crippen LogP contribution in [0.1, 0.15) is 44.5 Å². The van der Waals surface area contributed by atoms with Gasteiger partial charge in [0.05, 0.1) is 22.7 Å². The number of hydrogen-bond donors (Lipinski definition) is 0. The summed E-state index contributed by atoms with van der Waals surface area (Å²) < 4.78 is 31.8. The van der Waals surface area contributed by atoms with Gasteiger partial charge in [-0.05, 0) is 227 Å². The Bertz CT molecular complexity index is 4080. The van der Waals surface area contributed by atoms with E-state index in [4.69, 9.17) is 0 Å². The lowest BCUT2D eigenvalue weighted by molar-refractivity contribution is 0.627. The molecule has 12 rings (SSSR count). The summed E-state index contributed by atoms with van der Waals surface area (Å²) >= 11 is 0. The van der Waals surface area contributed by atoms with Gasteiger partial charge in [0.15, 0.2) is 0 Å². The number of nitrogens with zero attached hydrogens (tertiary/aromatic N) is 2. The van der Waals surface area contributed by atoms with E-state index in [1.165, 1.54) is 33.4 Å². The molecule has 0 fully saturated rings. The van der Waals surface area contributed by atoms with Crippen LogP contribution in [0, 0.1) is 67.0 Å². The van der Waals surface area contributed by atoms with E-state index in [2.05, 4.69) is 247 Å². The molecule has 0 heterocycles. The highest BCUT2D eigenvalue weighted by atomic mass is 19.1. The van der Waals surface area contributed by atoms with Gasteiger partial charge < -0.3 is 9.80 Å². The van der Waals surface area contributed by atoms with Crippen LogP contribution in [-0.2, 0) is 0 Å². The molecule has 0 atom stereocenters. The molecule has 0 aromatic heterocycles. The van der Waals surface area contributed by atoms with Crippen molar-refractivity contribution in [3.8, 4) is 44.5 Å². The SMILES string of the molecule is Cc1ccccc1-c1ccc(C)c(-c2ccc(C)c(N(c3cc(F)ccc3C)c3cc4c5ccccc5c(N(c5cc(F)ccc5C)c5cc(-c6cc(-c7ccccc7C)ccc6C)ccc5C)cc4c4ccccc34)c2)c1. The van der Waals surface area contributed by atoms with Crippen molar-refractivity contribution in [2.45, 2.75) is 55.4 Å². The summed E-state index contributed by atoms with van der Waals surface area (Å²) in [5.74, 6) is -0.616. The van der Waals surface area contributed by atoms with Crippen LogP contribution in [0.25, 0.3) is 76.8 Å². The molecule has 0 bridgehead atoms. The summed E-state index contributed by atoms with van der Waals surface area (Å²) in [5, 5.41) is 6.18. The molecule has 12 aromatic rings. The van der Waals surface area contributed by atoms with Gasteiger partial charge in [0.1, 0.15) is 11.6 Å². The second-order valence-electron chi connectivity index (χ2n) is 21.2. The molecule has 0 aliphatic heterocycles. The fourth-order valence-electron chi connectivity index (χ4n) is 11.7. The molecular formula is C74H60F2N2. The van der Waals surface area contributed by atoms with Crippen LogP contribution in [0.2, 0.25) is 0 Å². The summed E-state index contributed by atoms with van der Waals surface area (Å²) in [5.41, 5.74) is 23.2. The quantitative estimate of drug-likeness (QED) is 0.126. The van der Waals surface area contributed by atoms with Crippen molar-refractivity contribution < 1.29 is 8.78 Å². The van der Waals surface area contributed by atoms with Crippen LogP contribution >= 0.6 is 0 Å². The standard InChI is InChI=1S/C74H60F2N2/c1-45-17-9-11-19-59(45)53-31-25-47(3)65(37-53)55-33-27-49(5)69(39-55)77(71-41-57(75)35-29-51(71)7)73-43-67-62-22-14-16-24-64(62)74(44-68(67)61-21-13-15-23-63(61)73)78(72-42-58(76)36-30-52(72)8)70-40-56(34-28-50(70)6)66-38-54(32-26-48(66)4)60-20-12-10-18-46(60)2/h9-44H,1-8H3. The fourth-order valence-corrected chi connectivity index (χ4v) is 11.7. The highest BCUT2D eigenvalue weighted by Crippen LogP contribution is 2.51. The van der Waals surface area contributed by atoms with Crippen LogP contribution in [0.5, 0.6) is 0 Å². The number of hydrogen-bond acceptors (Lipinski definition) is 2. The van der Waals surface area contributed by atoms with Gasteiger partial charge in [0.25, 0.3) is 0 Å². The Morgan fingerprint density at radius 1 is 0.218 bits per heavy atom. The number of aryl methyl sites for hydroxylation is 8. The summed E-state index contributed by atoms with van der Waals surface area (Å²) in [6.45, 7) is 17.1. The average molecular weight is 1020 g/mol. The topological polar surface area (TPSA) is 6.48 Å². The Labute approximate surface area is 457 Å². The number of fused-ring (bicyclic) bond motifs is 5. The fraction of sp³-hybridized carbons (Fsp3) is 0.108. The molecule has 12 aromatic carbocycles. The Balaban J connectivity index is 1.10. The predicted molar refractivity (Wildman–Crippen MR) is 328 cm³/mol. The number of anilines is 6. The van der Waals surface area contributed by atoms with Crippen LogP contribution in [0.15, 0.2) is 218 Å². The largest absolute Gasteiger partial charge is 0.309 e. The molecule has 0 saturated carbocycles. The van der Waals surface area contributed by atoms with Crippen molar-refractivity contribution in [3.63, 3.8) is 0 Å². The highest BCUT2D eigenvalue weighted by molar-refractivity contribution is 6.25. The first-order chi connectivity index (χ1) is 37.8. The lowest BCUT2D eigenvalue weighted by Crippen LogP contribution is -2.15. The first-order valence-corrected chi connectivity index (χ1v) is 26.9. The average Bonchev–Trinajstić information content (AvgIpc) is 3.45. The van der Waals surface area contributed by atoms with Crippen molar-refractivity contribution in [1.29, 1.82) is 0 Å². The summed E-state index contributed by atoms with van der Waals surface area (Å²) in [4.78, 5) is 4.55. The molecule has 0 unspecified atom stereocenters. The van der Waals surface area contributed by atoms with E-state index in [1.807, 2.05) is 12.1 Å². The number of halogens is 2. The lowest BCUT2D eigenvalue weighted by atomic mass is 9.91. The van der Waals surface area contributed by atoms with E-state index in [9.17, 15) is 0 Å². The molecular weight excluding hydrogens is 955 g/mol. The van der Waals surface area contributed by atoms with Gasteiger partial charge in [-0.15, -0.1) is 0 Å². The second-order valence-corrected chi connectivity index (χ2v) is 21.2. The number of rotatable bonds is 10. The van der Waals surface area contributed by atoms with E-state index in [0.29, 0.717) is 0 Å². The zero-order valence-corrected chi connectivity index (χ0v) is 45.4. The molecule has 4 heteroatoms. The summed E-state index contributed by atoms with van der Waals surface area (Å²) in [7, 11) is 0. The van der Waals surface area contributed by atoms with Gasteiger partial charge in [-0.3, -0.25) is 0 Å². The smallest absolute Gasteiger partial charge is 0.125 e. The molecule has 2 nitrogen and oxygen atoms in total. The van der Waals surface area contributed by atoms with Gasteiger partial charge in [0.2, 0.25) is 0 Å². The van der Waals surface area contributed by atoms with Crippen molar-refractivity contribution in [2.24, 2.45) is 0 Å². The van der Waals surface area contributed by atoms with Crippen molar-refractivity contribution in [3.05, 3.63) is 275 Å². The van der Waals surface area contributed by atoms with Crippen LogP contribution in [-0.4, -0.2) is 0 Å². The maximum Gasteiger partial charge on any atom is 0.125 e. The zero-order chi connectivity index (χ0) is 53.9. The first-order valence-electron chi connectivity index (χ1n) is 26.9. The second kappa shape index (κ2) is 20.1. The van der Waals surface area contributed by atoms with Crippen molar-refractivity contribution >= 4 is 66.4 Å². The minimum atomic E-state index is -0.308. The third-order valence-electron chi connectivity index (χ3n) is 16.1. The number of benzene rings is 12. The Morgan fingerprint density at radius 3 is 0.897 bits per heavy atom. The van der Waals surface area contributed by atoms with Gasteiger partial charge in [-0.1, -0.05) is 158 Å². The molecule has 0 aliphatic carbocycles. The maximum absolute atomic E-state index is 15.9. The monoisotopic (exact) mass is 1010 g/mol. The Hall–Kier alpha value is -9.12. The Kier molecular flexibility index (Phi) is 12.8. The third kappa shape index (κ3) is 8.87. The minimum Gasteiger partial charge on any atom is -0.309 e. The molecule has 0 saturated heterocycles. The summed E-state index contributed by atoms with van der Waals surface area (Å²) in [6, 6.07) is 75.8. The first kappa shape index (κ1) is 49.7. The maximum atomic E-state index is 15.9. The molecule has 380 valence electrons. The van der Waals surface area contributed by atoms with E-state index in [-0.39, 0.29) is 11.6 Å². The van der Waals surface area contributed by atoms with Crippen LogP contribution in [0.4, 0.5) is 42.9 Å². The zero-order valence-electron chi connectivity index (χ0n) is 45.4. The molecule has 0 N–H and O–H groups in total. The van der Waals surface area contributed by atoms with E-state index >= 15 is 8.78 Å². The van der Waals surface area contributed by atoms with Gasteiger partial charge in [-0.25, -0.2) is 8.78 Å². The van der Waals surface area contributed by atoms with Gasteiger partial charge in [0, 0.05) is 22.1 Å². The molecule has 78 heavy (non-hydrogen) atoms. The third-order valence-corrected chi connectivity index (χ3v) is 16.1. The molecule has 0 amide bonds. The van der Waals surface area contributed by atoms with Crippen molar-refractivity contribution in [2.75, 3.05) is 9.80 Å². The molecule has 0 radical (unpaired) electrons. The van der Waals surface area contributed by atoms with E-state index < -0.39 is 0 Å². The van der Waals surface area contributed by atoms with Crippen LogP contribution < -0.4 is 9.80 Å².